The van der Waals surface area contributed by atoms with E-state index >= 15 is 0 Å². The summed E-state index contributed by atoms with van der Waals surface area (Å²) in [5, 5.41) is 40.7. The smallest absolute Gasteiger partial charge is 0.306 e. The lowest BCUT2D eigenvalue weighted by Gasteiger charge is -2.19. The van der Waals surface area contributed by atoms with Gasteiger partial charge in [0.05, 0.1) is 24.9 Å². The van der Waals surface area contributed by atoms with E-state index in [9.17, 15) is 30.0 Å². The summed E-state index contributed by atoms with van der Waals surface area (Å²) in [6.07, 6.45) is 33.3. The van der Waals surface area contributed by atoms with Crippen LogP contribution in [-0.4, -0.2) is 70.0 Å². The number of aliphatic hydroxyl groups is 4. The summed E-state index contributed by atoms with van der Waals surface area (Å²) in [6, 6.07) is 0. The first-order valence-electron chi connectivity index (χ1n) is 21.2. The first-order chi connectivity index (χ1) is 24.8. The van der Waals surface area contributed by atoms with Crippen LogP contribution in [0.25, 0.3) is 0 Å². The molecule has 0 spiro atoms. The van der Waals surface area contributed by atoms with Crippen LogP contribution in [-0.2, 0) is 19.1 Å². The lowest BCUT2D eigenvalue weighted by atomic mass is 9.89. The monoisotopic (exact) mass is 723 g/mol. The maximum atomic E-state index is 12.2. The van der Waals surface area contributed by atoms with Crippen LogP contribution in [0.5, 0.6) is 0 Å². The van der Waals surface area contributed by atoms with Crippen molar-refractivity contribution in [2.45, 2.75) is 212 Å². The van der Waals surface area contributed by atoms with E-state index in [1.165, 1.54) is 89.9 Å². The van der Waals surface area contributed by atoms with Crippen LogP contribution in [0.4, 0.5) is 0 Å². The number of carbonyl (C=O) groups excluding carboxylic acids is 2. The maximum absolute atomic E-state index is 12.2. The minimum absolute atomic E-state index is 0.118. The van der Waals surface area contributed by atoms with E-state index in [0.717, 1.165) is 38.5 Å². The Morgan fingerprint density at radius 1 is 0.686 bits per heavy atom. The fourth-order valence-electron chi connectivity index (χ4n) is 7.02. The van der Waals surface area contributed by atoms with Crippen LogP contribution >= 0.6 is 0 Å². The molecule has 0 amide bonds. The Morgan fingerprint density at radius 3 is 1.78 bits per heavy atom. The molecule has 0 aromatic rings. The van der Waals surface area contributed by atoms with Crippen LogP contribution in [0, 0.1) is 11.8 Å². The Labute approximate surface area is 311 Å². The predicted molar refractivity (Wildman–Crippen MR) is 207 cm³/mol. The zero-order chi connectivity index (χ0) is 37.4. The average molecular weight is 723 g/mol. The predicted octanol–water partition coefficient (Wildman–Crippen LogP) is 9.45. The minimum Gasteiger partial charge on any atom is -0.462 e. The fourth-order valence-corrected chi connectivity index (χ4v) is 7.02. The van der Waals surface area contributed by atoms with Gasteiger partial charge in [-0.1, -0.05) is 160 Å². The quantitative estimate of drug-likeness (QED) is 0.0293. The Kier molecular flexibility index (Phi) is 30.5. The molecule has 298 valence electrons. The highest BCUT2D eigenvalue weighted by atomic mass is 16.6. The van der Waals surface area contributed by atoms with Gasteiger partial charge < -0.3 is 29.9 Å². The van der Waals surface area contributed by atoms with E-state index in [1.54, 1.807) is 6.08 Å². The summed E-state index contributed by atoms with van der Waals surface area (Å²) in [7, 11) is 0. The molecule has 8 heteroatoms. The number of hydrogen-bond acceptors (Lipinski definition) is 8. The topological polar surface area (TPSA) is 134 Å². The molecular weight excluding hydrogens is 644 g/mol. The van der Waals surface area contributed by atoms with Crippen molar-refractivity contribution < 1.29 is 39.5 Å². The third-order valence-corrected chi connectivity index (χ3v) is 10.3. The van der Waals surface area contributed by atoms with Crippen molar-refractivity contribution in [1.29, 1.82) is 0 Å². The van der Waals surface area contributed by atoms with Crippen LogP contribution in [0.15, 0.2) is 24.3 Å². The Hall–Kier alpha value is -1.74. The van der Waals surface area contributed by atoms with E-state index in [0.29, 0.717) is 38.5 Å². The number of hydrogen-bond donors (Lipinski definition) is 4. The van der Waals surface area contributed by atoms with Crippen molar-refractivity contribution in [3.8, 4) is 0 Å². The molecule has 0 radical (unpaired) electrons. The molecule has 0 bridgehead atoms. The summed E-state index contributed by atoms with van der Waals surface area (Å²) < 4.78 is 10.6. The maximum Gasteiger partial charge on any atom is 0.306 e. The molecule has 1 aliphatic rings. The highest BCUT2D eigenvalue weighted by Crippen LogP contribution is 2.36. The van der Waals surface area contributed by atoms with Gasteiger partial charge in [-0.2, -0.15) is 0 Å². The summed E-state index contributed by atoms with van der Waals surface area (Å²) in [4.78, 5) is 24.4. The normalized spacial score (nSPS) is 20.4. The second-order valence-corrected chi connectivity index (χ2v) is 15.0. The van der Waals surface area contributed by atoms with E-state index < -0.39 is 37.0 Å². The lowest BCUT2D eigenvalue weighted by Crippen LogP contribution is -2.28. The van der Waals surface area contributed by atoms with Gasteiger partial charge in [0.1, 0.15) is 6.61 Å². The Balaban J connectivity index is 2.07. The minimum atomic E-state index is -0.847. The number of rotatable bonds is 34. The van der Waals surface area contributed by atoms with E-state index in [-0.39, 0.29) is 30.8 Å². The van der Waals surface area contributed by atoms with Gasteiger partial charge in [-0.3, -0.25) is 9.59 Å². The van der Waals surface area contributed by atoms with Crippen molar-refractivity contribution in [2.24, 2.45) is 11.8 Å². The van der Waals surface area contributed by atoms with Gasteiger partial charge in [0.15, 0.2) is 6.10 Å². The van der Waals surface area contributed by atoms with Crippen LogP contribution in [0.3, 0.4) is 0 Å². The molecule has 6 atom stereocenters. The molecule has 1 fully saturated rings. The molecule has 0 aromatic carbocycles. The van der Waals surface area contributed by atoms with Crippen molar-refractivity contribution in [3.05, 3.63) is 24.3 Å². The molecule has 1 aliphatic carbocycles. The number of unbranched alkanes of at least 4 members (excludes halogenated alkanes) is 19. The second kappa shape index (κ2) is 32.9. The van der Waals surface area contributed by atoms with Gasteiger partial charge in [0, 0.05) is 25.2 Å². The molecule has 51 heavy (non-hydrogen) atoms. The number of ether oxygens (including phenoxy) is 2. The van der Waals surface area contributed by atoms with Crippen LogP contribution in [0.1, 0.15) is 187 Å². The van der Waals surface area contributed by atoms with Gasteiger partial charge in [-0.05, 0) is 38.0 Å². The summed E-state index contributed by atoms with van der Waals surface area (Å²) in [5.41, 5.74) is 0. The molecule has 0 saturated heterocycles. The van der Waals surface area contributed by atoms with Crippen molar-refractivity contribution in [1.82, 2.24) is 0 Å². The summed E-state index contributed by atoms with van der Waals surface area (Å²) in [6.45, 7) is 3.85. The summed E-state index contributed by atoms with van der Waals surface area (Å²) in [5.74, 6) is -1.08. The van der Waals surface area contributed by atoms with E-state index in [2.05, 4.69) is 13.8 Å². The van der Waals surface area contributed by atoms with Crippen LogP contribution in [0.2, 0.25) is 0 Å². The van der Waals surface area contributed by atoms with Gasteiger partial charge in [-0.25, -0.2) is 0 Å². The van der Waals surface area contributed by atoms with Crippen molar-refractivity contribution in [2.75, 3.05) is 13.2 Å². The Morgan fingerprint density at radius 2 is 1.22 bits per heavy atom. The van der Waals surface area contributed by atoms with Crippen molar-refractivity contribution >= 4 is 11.9 Å². The van der Waals surface area contributed by atoms with Gasteiger partial charge in [0.2, 0.25) is 0 Å². The van der Waals surface area contributed by atoms with E-state index in [1.807, 2.05) is 18.2 Å². The fraction of sp³-hybridized carbons (Fsp3) is 0.860. The molecular formula is C43H78O8. The molecule has 0 aromatic heterocycles. The molecule has 0 unspecified atom stereocenters. The zero-order valence-electron chi connectivity index (χ0n) is 32.7. The molecule has 1 saturated carbocycles. The van der Waals surface area contributed by atoms with Gasteiger partial charge in [-0.15, -0.1) is 0 Å². The largest absolute Gasteiger partial charge is 0.462 e. The first-order valence-corrected chi connectivity index (χ1v) is 21.2. The van der Waals surface area contributed by atoms with Gasteiger partial charge >= 0.3 is 11.9 Å². The van der Waals surface area contributed by atoms with Gasteiger partial charge in [0.25, 0.3) is 0 Å². The third-order valence-electron chi connectivity index (χ3n) is 10.3. The zero-order valence-corrected chi connectivity index (χ0v) is 32.7. The van der Waals surface area contributed by atoms with Crippen LogP contribution < -0.4 is 0 Å². The number of carbonyl (C=O) groups is 2. The first kappa shape index (κ1) is 47.3. The highest BCUT2D eigenvalue weighted by molar-refractivity contribution is 5.70. The standard InChI is InChI=1S/C43H78O8/c1-3-5-7-8-9-10-11-12-13-14-15-16-17-18-19-20-26-30-43(49)51-37(34-44)35-50-42(48)29-25-22-21-24-28-38-39(41(47)33-40(38)46)32-31-36(45)27-23-6-4-2/h21,24,31-32,36-41,44-47H,3-20,22-23,25-30,33-35H2,1-2H3/b24-21+,32-31+/t36-,37-,38+,39+,40-,41+/m0/s1. The van der Waals surface area contributed by atoms with Crippen molar-refractivity contribution in [3.63, 3.8) is 0 Å². The third kappa shape index (κ3) is 25.8. The molecule has 8 nitrogen and oxygen atoms in total. The highest BCUT2D eigenvalue weighted by Gasteiger charge is 2.39. The molecule has 0 heterocycles. The molecule has 1 rings (SSSR count). The number of esters is 2. The average Bonchev–Trinajstić information content (AvgIpc) is 3.39. The second-order valence-electron chi connectivity index (χ2n) is 15.0. The lowest BCUT2D eigenvalue weighted by molar-refractivity contribution is -0.161. The number of aliphatic hydroxyl groups excluding tert-OH is 4. The molecule has 0 aliphatic heterocycles. The molecule has 4 N–H and O–H groups in total. The Bertz CT molecular complexity index is 889. The number of allylic oxidation sites excluding steroid dienone is 2. The van der Waals surface area contributed by atoms with E-state index in [4.69, 9.17) is 9.47 Å². The SMILES string of the molecule is CCCCCCCCCCCCCCCCCCCC(=O)O[C@@H](CO)COC(=O)CCC/C=C/C[C@@H]1[C@@H](/C=C/[C@@H](O)CCCCC)[C@H](O)C[C@@H]1O. The summed E-state index contributed by atoms with van der Waals surface area (Å²) >= 11 is 0.